The first-order chi connectivity index (χ1) is 9.77. The van der Waals surface area contributed by atoms with Gasteiger partial charge in [-0.1, -0.05) is 25.5 Å². The van der Waals surface area contributed by atoms with Gasteiger partial charge in [0, 0.05) is 25.5 Å². The molecule has 0 atom stereocenters. The number of aryl methyl sites for hydroxylation is 2. The van der Waals surface area contributed by atoms with Crippen molar-refractivity contribution < 1.29 is 4.74 Å². The maximum atomic E-state index is 5.89. The number of benzene rings is 1. The van der Waals surface area contributed by atoms with E-state index in [-0.39, 0.29) is 0 Å². The smallest absolute Gasteiger partial charge is 0.111 e. The summed E-state index contributed by atoms with van der Waals surface area (Å²) in [5.41, 5.74) is 3.52. The van der Waals surface area contributed by atoms with Crippen LogP contribution < -0.4 is 0 Å². The second kappa shape index (κ2) is 7.65. The van der Waals surface area contributed by atoms with Crippen molar-refractivity contribution in [3.8, 4) is 0 Å². The number of hydrogen-bond donors (Lipinski definition) is 0. The van der Waals surface area contributed by atoms with Gasteiger partial charge in [-0.05, 0) is 25.0 Å². The number of ether oxygens (including phenoxy) is 1. The Kier molecular flexibility index (Phi) is 5.86. The van der Waals surface area contributed by atoms with Crippen LogP contribution in [0.2, 0.25) is 0 Å². The second-order valence-corrected chi connectivity index (χ2v) is 5.41. The molecule has 3 nitrogen and oxygen atoms in total. The fourth-order valence-corrected chi connectivity index (χ4v) is 2.60. The van der Waals surface area contributed by atoms with E-state index in [4.69, 9.17) is 21.3 Å². The molecule has 0 saturated heterocycles. The Labute approximate surface area is 125 Å². The first-order valence-corrected chi connectivity index (χ1v) is 7.89. The molecule has 4 heteroatoms. The summed E-state index contributed by atoms with van der Waals surface area (Å²) in [5.74, 6) is 1.65. The highest BCUT2D eigenvalue weighted by Gasteiger charge is 2.11. The van der Waals surface area contributed by atoms with Gasteiger partial charge in [0.1, 0.15) is 5.82 Å². The Morgan fingerprint density at radius 1 is 1.30 bits per heavy atom. The molecule has 0 spiro atoms. The monoisotopic (exact) mass is 294 g/mol. The third-order valence-electron chi connectivity index (χ3n) is 3.47. The molecule has 1 aromatic carbocycles. The van der Waals surface area contributed by atoms with Gasteiger partial charge in [0.15, 0.2) is 0 Å². The van der Waals surface area contributed by atoms with Crippen molar-refractivity contribution in [3.63, 3.8) is 0 Å². The van der Waals surface area contributed by atoms with Gasteiger partial charge in [-0.25, -0.2) is 4.98 Å². The molecule has 0 aliphatic heterocycles. The minimum Gasteiger partial charge on any atom is -0.380 e. The van der Waals surface area contributed by atoms with Gasteiger partial charge in [-0.15, -0.1) is 11.6 Å². The fourth-order valence-electron chi connectivity index (χ4n) is 2.43. The van der Waals surface area contributed by atoms with Crippen molar-refractivity contribution in [2.24, 2.45) is 0 Å². The van der Waals surface area contributed by atoms with Gasteiger partial charge >= 0.3 is 0 Å². The lowest BCUT2D eigenvalue weighted by Gasteiger charge is -2.10. The van der Waals surface area contributed by atoms with Crippen LogP contribution in [-0.4, -0.2) is 28.6 Å². The highest BCUT2D eigenvalue weighted by molar-refractivity contribution is 6.17. The summed E-state index contributed by atoms with van der Waals surface area (Å²) in [6.45, 7) is 6.72. The van der Waals surface area contributed by atoms with E-state index in [9.17, 15) is 0 Å². The molecular weight excluding hydrogens is 272 g/mol. The van der Waals surface area contributed by atoms with E-state index >= 15 is 0 Å². The zero-order valence-corrected chi connectivity index (χ0v) is 13.1. The lowest BCUT2D eigenvalue weighted by atomic mass is 10.2. The van der Waals surface area contributed by atoms with Crippen LogP contribution in [0.25, 0.3) is 11.0 Å². The van der Waals surface area contributed by atoms with E-state index in [1.807, 2.05) is 0 Å². The van der Waals surface area contributed by atoms with Crippen molar-refractivity contribution in [3.05, 3.63) is 29.6 Å². The zero-order valence-electron chi connectivity index (χ0n) is 12.4. The van der Waals surface area contributed by atoms with Gasteiger partial charge < -0.3 is 9.30 Å². The Morgan fingerprint density at radius 3 is 2.90 bits per heavy atom. The van der Waals surface area contributed by atoms with Gasteiger partial charge in [0.2, 0.25) is 0 Å². The van der Waals surface area contributed by atoms with Crippen molar-refractivity contribution in [2.75, 3.05) is 19.1 Å². The van der Waals surface area contributed by atoms with Crippen LogP contribution in [0.15, 0.2) is 18.2 Å². The van der Waals surface area contributed by atoms with Crippen LogP contribution in [0.5, 0.6) is 0 Å². The van der Waals surface area contributed by atoms with E-state index in [0.717, 1.165) is 43.9 Å². The van der Waals surface area contributed by atoms with E-state index in [1.165, 1.54) is 17.5 Å². The van der Waals surface area contributed by atoms with E-state index in [0.29, 0.717) is 5.88 Å². The molecule has 0 aliphatic carbocycles. The van der Waals surface area contributed by atoms with Gasteiger partial charge in [-0.2, -0.15) is 0 Å². The predicted octanol–water partition coefficient (Wildman–Crippen LogP) is 3.94. The Bertz CT molecular complexity index is 551. The maximum absolute atomic E-state index is 5.89. The highest BCUT2D eigenvalue weighted by atomic mass is 35.5. The number of rotatable bonds is 8. The summed E-state index contributed by atoms with van der Waals surface area (Å²) in [4.78, 5) is 4.70. The van der Waals surface area contributed by atoms with Crippen LogP contribution in [0.3, 0.4) is 0 Å². The first-order valence-electron chi connectivity index (χ1n) is 7.36. The molecule has 1 aromatic heterocycles. The van der Waals surface area contributed by atoms with Crippen LogP contribution in [-0.2, 0) is 17.7 Å². The average molecular weight is 295 g/mol. The Balaban J connectivity index is 2.17. The maximum Gasteiger partial charge on any atom is 0.111 e. The SMILES string of the molecule is CCCCOCCn1c(CCCl)nc2cccc(C)c21. The molecule has 0 radical (unpaired) electrons. The summed E-state index contributed by atoms with van der Waals surface area (Å²) in [5, 5.41) is 0. The molecule has 2 aromatic rings. The summed E-state index contributed by atoms with van der Waals surface area (Å²) in [6.07, 6.45) is 3.09. The lowest BCUT2D eigenvalue weighted by molar-refractivity contribution is 0.123. The van der Waals surface area contributed by atoms with Crippen molar-refractivity contribution >= 4 is 22.6 Å². The summed E-state index contributed by atoms with van der Waals surface area (Å²) < 4.78 is 7.95. The number of imidazole rings is 1. The van der Waals surface area contributed by atoms with E-state index in [1.54, 1.807) is 0 Å². The third-order valence-corrected chi connectivity index (χ3v) is 3.66. The zero-order chi connectivity index (χ0) is 14.4. The molecule has 110 valence electrons. The van der Waals surface area contributed by atoms with Gasteiger partial charge in [0.05, 0.1) is 17.6 Å². The second-order valence-electron chi connectivity index (χ2n) is 5.03. The third kappa shape index (κ3) is 3.53. The number of halogens is 1. The Morgan fingerprint density at radius 2 is 2.15 bits per heavy atom. The number of para-hydroxylation sites is 1. The number of alkyl halides is 1. The quantitative estimate of drug-likeness (QED) is 0.544. The van der Waals surface area contributed by atoms with E-state index < -0.39 is 0 Å². The minimum absolute atomic E-state index is 0.596. The topological polar surface area (TPSA) is 27.1 Å². The highest BCUT2D eigenvalue weighted by Crippen LogP contribution is 2.20. The first kappa shape index (κ1) is 15.3. The van der Waals surface area contributed by atoms with Crippen LogP contribution in [0.1, 0.15) is 31.2 Å². The number of aromatic nitrogens is 2. The summed E-state index contributed by atoms with van der Waals surface area (Å²) in [7, 11) is 0. The molecule has 0 bridgehead atoms. The number of unbranched alkanes of at least 4 members (excludes halogenated alkanes) is 1. The standard InChI is InChI=1S/C16H23ClN2O/c1-3-4-11-20-12-10-19-15(8-9-17)18-14-7-5-6-13(2)16(14)19/h5-7H,3-4,8-12H2,1-2H3. The van der Waals surface area contributed by atoms with Crippen molar-refractivity contribution in [2.45, 2.75) is 39.7 Å². The number of hydrogen-bond acceptors (Lipinski definition) is 2. The lowest BCUT2D eigenvalue weighted by Crippen LogP contribution is -2.11. The van der Waals surface area contributed by atoms with E-state index in [2.05, 4.69) is 36.6 Å². The molecular formula is C16H23ClN2O. The molecule has 0 unspecified atom stereocenters. The molecule has 0 aliphatic rings. The normalized spacial score (nSPS) is 11.3. The largest absolute Gasteiger partial charge is 0.380 e. The van der Waals surface area contributed by atoms with Crippen LogP contribution >= 0.6 is 11.6 Å². The molecule has 0 amide bonds. The molecule has 1 heterocycles. The molecule has 0 saturated carbocycles. The van der Waals surface area contributed by atoms with Gasteiger partial charge in [-0.3, -0.25) is 0 Å². The van der Waals surface area contributed by atoms with Crippen molar-refractivity contribution in [1.29, 1.82) is 0 Å². The average Bonchev–Trinajstić information content (AvgIpc) is 2.78. The number of nitrogens with zero attached hydrogens (tertiary/aromatic N) is 2. The molecule has 20 heavy (non-hydrogen) atoms. The van der Waals surface area contributed by atoms with Crippen LogP contribution in [0.4, 0.5) is 0 Å². The molecule has 0 fully saturated rings. The molecule has 0 N–H and O–H groups in total. The summed E-state index contributed by atoms with van der Waals surface area (Å²) >= 11 is 5.89. The summed E-state index contributed by atoms with van der Waals surface area (Å²) in [6, 6.07) is 6.24. The minimum atomic E-state index is 0.596. The fraction of sp³-hybridized carbons (Fsp3) is 0.562. The molecule has 2 rings (SSSR count). The van der Waals surface area contributed by atoms with Gasteiger partial charge in [0.25, 0.3) is 0 Å². The van der Waals surface area contributed by atoms with Crippen molar-refractivity contribution in [1.82, 2.24) is 9.55 Å². The number of fused-ring (bicyclic) bond motifs is 1. The Hall–Kier alpha value is -1.06. The predicted molar refractivity (Wildman–Crippen MR) is 84.6 cm³/mol. The van der Waals surface area contributed by atoms with Crippen LogP contribution in [0, 0.1) is 6.92 Å².